The van der Waals surface area contributed by atoms with Crippen LogP contribution in [-0.2, 0) is 4.79 Å². The van der Waals surface area contributed by atoms with Crippen LogP contribution < -0.4 is 0 Å². The van der Waals surface area contributed by atoms with Crippen LogP contribution in [0.15, 0.2) is 0 Å². The van der Waals surface area contributed by atoms with Gasteiger partial charge in [0.15, 0.2) is 0 Å². The topological polar surface area (TPSA) is 60.8 Å². The minimum absolute atomic E-state index is 0.177. The van der Waals surface area contributed by atoms with Crippen molar-refractivity contribution in [2.75, 3.05) is 19.6 Å². The average molecular weight is 215 g/mol. The van der Waals surface area contributed by atoms with Gasteiger partial charge in [-0.1, -0.05) is 13.8 Å². The second-order valence-corrected chi connectivity index (χ2v) is 5.33. The van der Waals surface area contributed by atoms with E-state index in [0.717, 1.165) is 13.1 Å². The molecule has 1 atom stereocenters. The van der Waals surface area contributed by atoms with Gasteiger partial charge in [0.05, 0.1) is 12.0 Å². The minimum Gasteiger partial charge on any atom is -0.481 e. The Hall–Kier alpha value is -0.610. The van der Waals surface area contributed by atoms with Crippen molar-refractivity contribution in [1.29, 1.82) is 0 Å². The third-order valence-corrected chi connectivity index (χ3v) is 3.63. The van der Waals surface area contributed by atoms with Crippen molar-refractivity contribution in [1.82, 2.24) is 4.90 Å². The Morgan fingerprint density at radius 1 is 1.40 bits per heavy atom. The van der Waals surface area contributed by atoms with Crippen LogP contribution in [-0.4, -0.2) is 46.3 Å². The Kier molecular flexibility index (Phi) is 3.41. The van der Waals surface area contributed by atoms with Crippen molar-refractivity contribution in [3.63, 3.8) is 0 Å². The highest BCUT2D eigenvalue weighted by Gasteiger charge is 2.43. The number of aliphatic hydroxyl groups is 1. The Morgan fingerprint density at radius 3 is 2.47 bits per heavy atom. The fourth-order valence-electron chi connectivity index (χ4n) is 1.97. The number of nitrogens with zero attached hydrogens (tertiary/aromatic N) is 1. The van der Waals surface area contributed by atoms with Gasteiger partial charge >= 0.3 is 5.97 Å². The Balaban J connectivity index is 2.51. The molecule has 1 rings (SSSR count). The van der Waals surface area contributed by atoms with Crippen LogP contribution in [0.25, 0.3) is 0 Å². The quantitative estimate of drug-likeness (QED) is 0.735. The van der Waals surface area contributed by atoms with Crippen molar-refractivity contribution in [2.24, 2.45) is 5.41 Å². The van der Waals surface area contributed by atoms with E-state index < -0.39 is 11.6 Å². The maximum absolute atomic E-state index is 10.5. The van der Waals surface area contributed by atoms with Gasteiger partial charge in [0.1, 0.15) is 0 Å². The SMILES string of the molecule is CC1(C)CN(CCC(=O)O)CC[C@@]1(C)O. The summed E-state index contributed by atoms with van der Waals surface area (Å²) in [5.74, 6) is -0.759. The molecular formula is C11H21NO3. The van der Waals surface area contributed by atoms with Crippen LogP contribution in [0.1, 0.15) is 33.6 Å². The summed E-state index contributed by atoms with van der Waals surface area (Å²) in [5.41, 5.74) is -0.823. The highest BCUT2D eigenvalue weighted by Crippen LogP contribution is 2.37. The van der Waals surface area contributed by atoms with Gasteiger partial charge < -0.3 is 15.1 Å². The van der Waals surface area contributed by atoms with Gasteiger partial charge in [-0.2, -0.15) is 0 Å². The van der Waals surface area contributed by atoms with E-state index in [9.17, 15) is 9.90 Å². The molecule has 1 aliphatic heterocycles. The predicted molar refractivity (Wildman–Crippen MR) is 57.7 cm³/mol. The lowest BCUT2D eigenvalue weighted by atomic mass is 9.71. The van der Waals surface area contributed by atoms with Crippen LogP contribution in [0.2, 0.25) is 0 Å². The molecule has 15 heavy (non-hydrogen) atoms. The molecule has 0 aromatic rings. The van der Waals surface area contributed by atoms with Crippen LogP contribution in [0.4, 0.5) is 0 Å². The van der Waals surface area contributed by atoms with E-state index in [1.54, 1.807) is 0 Å². The molecule has 0 unspecified atom stereocenters. The summed E-state index contributed by atoms with van der Waals surface area (Å²) in [4.78, 5) is 12.6. The summed E-state index contributed by atoms with van der Waals surface area (Å²) >= 11 is 0. The number of hydrogen-bond donors (Lipinski definition) is 2. The molecule has 1 fully saturated rings. The Morgan fingerprint density at radius 2 is 2.00 bits per heavy atom. The molecule has 1 saturated heterocycles. The van der Waals surface area contributed by atoms with Crippen LogP contribution in [0, 0.1) is 5.41 Å². The molecule has 1 aliphatic rings. The molecule has 2 N–H and O–H groups in total. The number of carboxylic acid groups (broad SMARTS) is 1. The van der Waals surface area contributed by atoms with Crippen molar-refractivity contribution < 1.29 is 15.0 Å². The summed E-state index contributed by atoms with van der Waals surface area (Å²) in [6.07, 6.45) is 0.887. The molecule has 0 aliphatic carbocycles. The Labute approximate surface area is 90.9 Å². The monoisotopic (exact) mass is 215 g/mol. The zero-order valence-electron chi connectivity index (χ0n) is 9.79. The van der Waals surface area contributed by atoms with Gasteiger partial charge in [-0.15, -0.1) is 0 Å². The van der Waals surface area contributed by atoms with Crippen molar-refractivity contribution in [3.8, 4) is 0 Å². The summed E-state index contributed by atoms with van der Waals surface area (Å²) in [6, 6.07) is 0. The number of rotatable bonds is 3. The van der Waals surface area contributed by atoms with E-state index in [2.05, 4.69) is 4.90 Å². The molecule has 4 heteroatoms. The van der Waals surface area contributed by atoms with Gasteiger partial charge in [0, 0.05) is 25.0 Å². The third kappa shape index (κ3) is 2.92. The number of carbonyl (C=O) groups is 1. The van der Waals surface area contributed by atoms with Gasteiger partial charge in [-0.05, 0) is 13.3 Å². The summed E-state index contributed by atoms with van der Waals surface area (Å²) in [6.45, 7) is 8.03. The van der Waals surface area contributed by atoms with E-state index >= 15 is 0 Å². The second-order valence-electron chi connectivity index (χ2n) is 5.33. The normalized spacial score (nSPS) is 31.5. The van der Waals surface area contributed by atoms with Crippen molar-refractivity contribution >= 4 is 5.97 Å². The van der Waals surface area contributed by atoms with Crippen LogP contribution in [0.5, 0.6) is 0 Å². The van der Waals surface area contributed by atoms with Gasteiger partial charge in [0.2, 0.25) is 0 Å². The standard InChI is InChI=1S/C11H21NO3/c1-10(2)8-12(6-4-9(13)14)7-5-11(10,3)15/h15H,4-8H2,1-3H3,(H,13,14)/t11-/m1/s1. The fraction of sp³-hybridized carbons (Fsp3) is 0.909. The summed E-state index contributed by atoms with van der Waals surface area (Å²) < 4.78 is 0. The zero-order chi connectivity index (χ0) is 11.7. The lowest BCUT2D eigenvalue weighted by Crippen LogP contribution is -2.55. The molecule has 0 aromatic heterocycles. The van der Waals surface area contributed by atoms with Crippen molar-refractivity contribution in [2.45, 2.75) is 39.2 Å². The van der Waals surface area contributed by atoms with E-state index in [-0.39, 0.29) is 11.8 Å². The molecule has 4 nitrogen and oxygen atoms in total. The number of hydrogen-bond acceptors (Lipinski definition) is 3. The predicted octanol–water partition coefficient (Wildman–Crippen LogP) is 0.944. The molecule has 0 amide bonds. The zero-order valence-corrected chi connectivity index (χ0v) is 9.79. The third-order valence-electron chi connectivity index (χ3n) is 3.63. The first-order valence-electron chi connectivity index (χ1n) is 5.41. The van der Waals surface area contributed by atoms with E-state index in [1.807, 2.05) is 20.8 Å². The molecule has 88 valence electrons. The smallest absolute Gasteiger partial charge is 0.304 e. The maximum atomic E-state index is 10.5. The summed E-state index contributed by atoms with van der Waals surface area (Å²) in [7, 11) is 0. The highest BCUT2D eigenvalue weighted by molar-refractivity contribution is 5.66. The summed E-state index contributed by atoms with van der Waals surface area (Å²) in [5, 5.41) is 18.8. The number of piperidine rings is 1. The Bertz CT molecular complexity index is 248. The van der Waals surface area contributed by atoms with E-state index in [4.69, 9.17) is 5.11 Å². The van der Waals surface area contributed by atoms with E-state index in [0.29, 0.717) is 13.0 Å². The molecule has 0 radical (unpaired) electrons. The molecule has 0 saturated carbocycles. The minimum atomic E-state index is -0.759. The molecule has 0 bridgehead atoms. The van der Waals surface area contributed by atoms with Crippen LogP contribution in [0.3, 0.4) is 0 Å². The largest absolute Gasteiger partial charge is 0.481 e. The average Bonchev–Trinajstić information content (AvgIpc) is 2.07. The highest BCUT2D eigenvalue weighted by atomic mass is 16.4. The lowest BCUT2D eigenvalue weighted by Gasteiger charge is -2.48. The number of carboxylic acids is 1. The molecule has 0 aromatic carbocycles. The fourth-order valence-corrected chi connectivity index (χ4v) is 1.97. The number of aliphatic carboxylic acids is 1. The first kappa shape index (κ1) is 12.5. The van der Waals surface area contributed by atoms with E-state index in [1.165, 1.54) is 0 Å². The van der Waals surface area contributed by atoms with Gasteiger partial charge in [-0.3, -0.25) is 4.79 Å². The van der Waals surface area contributed by atoms with Gasteiger partial charge in [0.25, 0.3) is 0 Å². The molecule has 0 spiro atoms. The van der Waals surface area contributed by atoms with Crippen LogP contribution >= 0.6 is 0 Å². The van der Waals surface area contributed by atoms with Gasteiger partial charge in [-0.25, -0.2) is 0 Å². The first-order chi connectivity index (χ1) is 6.74. The maximum Gasteiger partial charge on any atom is 0.304 e. The first-order valence-corrected chi connectivity index (χ1v) is 5.41. The number of likely N-dealkylation sites (tertiary alicyclic amines) is 1. The molecule has 1 heterocycles. The van der Waals surface area contributed by atoms with Crippen molar-refractivity contribution in [3.05, 3.63) is 0 Å². The second kappa shape index (κ2) is 4.10. The lowest BCUT2D eigenvalue weighted by molar-refractivity contribution is -0.138. The molecular weight excluding hydrogens is 194 g/mol.